The topological polar surface area (TPSA) is 169 Å². The molecule has 6 rings (SSSR count). The number of ether oxygens (including phenoxy) is 1. The van der Waals surface area contributed by atoms with E-state index in [2.05, 4.69) is 30.1 Å². The van der Waals surface area contributed by atoms with Crippen molar-refractivity contribution in [2.75, 3.05) is 44.2 Å². The lowest BCUT2D eigenvalue weighted by Gasteiger charge is -2.47. The van der Waals surface area contributed by atoms with Gasteiger partial charge in [0, 0.05) is 32.7 Å². The van der Waals surface area contributed by atoms with Crippen LogP contribution in [0.3, 0.4) is 0 Å². The van der Waals surface area contributed by atoms with Crippen molar-refractivity contribution in [2.24, 2.45) is 0 Å². The molecule has 0 aliphatic carbocycles. The SMILES string of the molecule is O=P(O)(O)CC[C@H]1O[C@@H](n2cnc3c(NC4CN5CCN4CC5)nc(Cl)nc32)C(O)C1O. The number of nitrogens with one attached hydrogen (secondary N) is 1. The molecule has 176 valence electrons. The fraction of sp³-hybridized carbons (Fsp3) is 0.706. The van der Waals surface area contributed by atoms with Gasteiger partial charge < -0.3 is 30.1 Å². The number of fused-ring (bicyclic) bond motifs is 4. The van der Waals surface area contributed by atoms with Gasteiger partial charge >= 0.3 is 7.60 Å². The molecule has 5 atom stereocenters. The first-order valence-corrected chi connectivity index (χ1v) is 12.6. The maximum absolute atomic E-state index is 11.2. The number of rotatable bonds is 6. The third-order valence-corrected chi connectivity index (χ3v) is 7.30. The first-order valence-electron chi connectivity index (χ1n) is 10.4. The van der Waals surface area contributed by atoms with Crippen molar-refractivity contribution in [3.05, 3.63) is 11.6 Å². The van der Waals surface area contributed by atoms with E-state index in [0.717, 1.165) is 32.7 Å². The molecule has 13 nitrogen and oxygen atoms in total. The van der Waals surface area contributed by atoms with Gasteiger partial charge in [-0.25, -0.2) is 4.98 Å². The Hall–Kier alpha value is -1.41. The Balaban J connectivity index is 1.40. The van der Waals surface area contributed by atoms with Gasteiger partial charge in [0.2, 0.25) is 5.28 Å². The van der Waals surface area contributed by atoms with Crippen LogP contribution in [0.2, 0.25) is 5.28 Å². The number of piperazine rings is 3. The average Bonchev–Trinajstić information content (AvgIpc) is 3.28. The molecule has 2 aromatic heterocycles. The van der Waals surface area contributed by atoms with Gasteiger partial charge in [-0.2, -0.15) is 9.97 Å². The first kappa shape index (κ1) is 22.4. The molecule has 5 N–H and O–H groups in total. The highest BCUT2D eigenvalue weighted by atomic mass is 35.5. The zero-order valence-electron chi connectivity index (χ0n) is 17.0. The third kappa shape index (κ3) is 4.25. The predicted octanol–water partition coefficient (Wildman–Crippen LogP) is -0.964. The maximum atomic E-state index is 11.2. The number of hydrogen-bond acceptors (Lipinski definition) is 10. The average molecular weight is 490 g/mol. The normalized spacial score (nSPS) is 35.0. The number of halogens is 1. The van der Waals surface area contributed by atoms with E-state index in [1.807, 2.05) is 0 Å². The standard InChI is InChI=1S/C17H25ClN7O6P/c18-17-21-14(20-10-7-23-2-4-24(10)5-3-23)11-15(22-17)25(8-19-11)16-13(27)12(26)9(31-16)1-6-32(28,29)30/h8-10,12-13,16,26-27H,1-7H2,(H,20,21,22)(H2,28,29,30)/t9-,10?,12?,13?,16-/m1/s1. The van der Waals surface area contributed by atoms with E-state index >= 15 is 0 Å². The number of aliphatic hydroxyl groups is 2. The van der Waals surface area contributed by atoms with Crippen molar-refractivity contribution in [1.29, 1.82) is 0 Å². The molecule has 0 amide bonds. The molecule has 4 saturated heterocycles. The molecule has 4 aliphatic rings. The summed E-state index contributed by atoms with van der Waals surface area (Å²) in [6.45, 7) is 4.85. The molecule has 2 bridgehead atoms. The summed E-state index contributed by atoms with van der Waals surface area (Å²) >= 11 is 6.18. The minimum Gasteiger partial charge on any atom is -0.388 e. The van der Waals surface area contributed by atoms with Crippen LogP contribution in [0, 0.1) is 0 Å². The number of aromatic nitrogens is 4. The largest absolute Gasteiger partial charge is 0.388 e. The van der Waals surface area contributed by atoms with Gasteiger partial charge in [0.15, 0.2) is 23.2 Å². The number of imidazole rings is 1. The number of hydrogen-bond donors (Lipinski definition) is 5. The summed E-state index contributed by atoms with van der Waals surface area (Å²) in [6.07, 6.45) is -3.75. The Labute approximate surface area is 188 Å². The van der Waals surface area contributed by atoms with E-state index in [-0.39, 0.29) is 17.9 Å². The van der Waals surface area contributed by atoms with Gasteiger partial charge in [-0.15, -0.1) is 0 Å². The Kier molecular flexibility index (Phi) is 5.89. The van der Waals surface area contributed by atoms with Crippen LogP contribution in [0.1, 0.15) is 12.6 Å². The van der Waals surface area contributed by atoms with Gasteiger partial charge in [-0.1, -0.05) is 0 Å². The van der Waals surface area contributed by atoms with Crippen molar-refractivity contribution in [3.63, 3.8) is 0 Å². The quantitative estimate of drug-likeness (QED) is 0.249. The molecular weight excluding hydrogens is 465 g/mol. The Morgan fingerprint density at radius 3 is 2.59 bits per heavy atom. The van der Waals surface area contributed by atoms with Crippen LogP contribution in [0.15, 0.2) is 6.33 Å². The molecular formula is C17H25ClN7O6P. The minimum atomic E-state index is -4.26. The molecule has 3 unspecified atom stereocenters. The summed E-state index contributed by atoms with van der Waals surface area (Å²) in [7, 11) is -4.26. The highest BCUT2D eigenvalue weighted by molar-refractivity contribution is 7.51. The van der Waals surface area contributed by atoms with Crippen LogP contribution in [0.5, 0.6) is 0 Å². The third-order valence-electron chi connectivity index (χ3n) is 6.29. The van der Waals surface area contributed by atoms with Crippen molar-refractivity contribution >= 4 is 36.2 Å². The van der Waals surface area contributed by atoms with Gasteiger partial charge in [0.05, 0.1) is 24.8 Å². The van der Waals surface area contributed by atoms with Crippen LogP contribution in [0.25, 0.3) is 11.2 Å². The first-order chi connectivity index (χ1) is 15.2. The van der Waals surface area contributed by atoms with Crippen LogP contribution < -0.4 is 5.32 Å². The molecule has 0 radical (unpaired) electrons. The van der Waals surface area contributed by atoms with Gasteiger partial charge in [-0.3, -0.25) is 18.9 Å². The van der Waals surface area contributed by atoms with Crippen LogP contribution in [-0.2, 0) is 9.30 Å². The fourth-order valence-corrected chi connectivity index (χ4v) is 5.34. The Morgan fingerprint density at radius 2 is 1.94 bits per heavy atom. The fourth-order valence-electron chi connectivity index (χ4n) is 4.58. The summed E-state index contributed by atoms with van der Waals surface area (Å²) in [5, 5.41) is 24.3. The van der Waals surface area contributed by atoms with Gasteiger partial charge in [0.1, 0.15) is 12.2 Å². The van der Waals surface area contributed by atoms with Crippen molar-refractivity contribution in [3.8, 4) is 0 Å². The lowest BCUT2D eigenvalue weighted by molar-refractivity contribution is -0.0355. The van der Waals surface area contributed by atoms with Gasteiger partial charge in [0.25, 0.3) is 0 Å². The Bertz CT molecular complexity index is 1040. The highest BCUT2D eigenvalue weighted by Crippen LogP contribution is 2.39. The molecule has 0 spiro atoms. The molecule has 4 fully saturated rings. The second-order valence-electron chi connectivity index (χ2n) is 8.39. The molecule has 0 saturated carbocycles. The summed E-state index contributed by atoms with van der Waals surface area (Å²) in [5.41, 5.74) is 0.756. The summed E-state index contributed by atoms with van der Waals surface area (Å²) in [5.74, 6) is 0.462. The van der Waals surface area contributed by atoms with Crippen LogP contribution >= 0.6 is 19.2 Å². The zero-order chi connectivity index (χ0) is 22.6. The summed E-state index contributed by atoms with van der Waals surface area (Å²) in [4.78, 5) is 35.9. The lowest BCUT2D eigenvalue weighted by Crippen LogP contribution is -2.63. The molecule has 4 aliphatic heterocycles. The summed E-state index contributed by atoms with van der Waals surface area (Å²) in [6, 6.07) is 0. The second kappa shape index (κ2) is 8.42. The monoisotopic (exact) mass is 489 g/mol. The number of anilines is 1. The smallest absolute Gasteiger partial charge is 0.325 e. The second-order valence-corrected chi connectivity index (χ2v) is 10.5. The number of aliphatic hydroxyl groups excluding tert-OH is 2. The molecule has 6 heterocycles. The molecule has 32 heavy (non-hydrogen) atoms. The van der Waals surface area contributed by atoms with Crippen LogP contribution in [0.4, 0.5) is 5.82 Å². The maximum Gasteiger partial charge on any atom is 0.325 e. The Morgan fingerprint density at radius 1 is 1.19 bits per heavy atom. The van der Waals surface area contributed by atoms with Crippen molar-refractivity contribution in [1.82, 2.24) is 29.3 Å². The molecule has 2 aromatic rings. The van der Waals surface area contributed by atoms with E-state index in [0.29, 0.717) is 17.0 Å². The zero-order valence-corrected chi connectivity index (χ0v) is 18.7. The van der Waals surface area contributed by atoms with Crippen LogP contribution in [-0.4, -0.2) is 113 Å². The van der Waals surface area contributed by atoms with Crippen molar-refractivity contribution < 1.29 is 29.3 Å². The molecule has 15 heteroatoms. The molecule has 0 aromatic carbocycles. The van der Waals surface area contributed by atoms with E-state index < -0.39 is 38.3 Å². The summed E-state index contributed by atoms with van der Waals surface area (Å²) < 4.78 is 18.4. The highest BCUT2D eigenvalue weighted by Gasteiger charge is 2.45. The van der Waals surface area contributed by atoms with Crippen molar-refractivity contribution in [2.45, 2.75) is 37.1 Å². The van der Waals surface area contributed by atoms with Gasteiger partial charge in [-0.05, 0) is 18.0 Å². The van der Waals surface area contributed by atoms with E-state index in [1.54, 1.807) is 0 Å². The number of nitrogens with zero attached hydrogens (tertiary/aromatic N) is 6. The predicted molar refractivity (Wildman–Crippen MR) is 113 cm³/mol. The van der Waals surface area contributed by atoms with E-state index in [4.69, 9.17) is 26.1 Å². The minimum absolute atomic E-state index is 0.0101. The van der Waals surface area contributed by atoms with E-state index in [1.165, 1.54) is 10.9 Å². The lowest BCUT2D eigenvalue weighted by atomic mass is 10.1. The van der Waals surface area contributed by atoms with E-state index in [9.17, 15) is 14.8 Å².